The molecule has 4 nitrogen and oxygen atoms in total. The molecular weight excluding hydrogens is 354 g/mol. The lowest BCUT2D eigenvalue weighted by Gasteiger charge is -2.34. The van der Waals surface area contributed by atoms with Crippen LogP contribution in [0.4, 0.5) is 0 Å². The van der Waals surface area contributed by atoms with Gasteiger partial charge in [-0.2, -0.15) is 4.31 Å². The van der Waals surface area contributed by atoms with Crippen LogP contribution in [0.3, 0.4) is 0 Å². The van der Waals surface area contributed by atoms with E-state index in [0.717, 1.165) is 12.8 Å². The zero-order chi connectivity index (χ0) is 19.7. The molecular formula is C18H24B4NO3S-. The maximum absolute atomic E-state index is 12.9. The fourth-order valence-electron chi connectivity index (χ4n) is 2.89. The molecule has 27 heavy (non-hydrogen) atoms. The second-order valence-electron chi connectivity index (χ2n) is 5.87. The Hall–Kier alpha value is -1.43. The number of nitrogens with zero attached hydrogens (tertiary/aromatic N) is 1. The van der Waals surface area contributed by atoms with Gasteiger partial charge in [0.2, 0.25) is 10.0 Å². The van der Waals surface area contributed by atoms with Gasteiger partial charge in [-0.25, -0.2) is 8.42 Å². The third kappa shape index (κ3) is 6.91. The van der Waals surface area contributed by atoms with Crippen molar-refractivity contribution in [3.05, 3.63) is 66.2 Å². The van der Waals surface area contributed by atoms with Crippen LogP contribution in [0.15, 0.2) is 65.6 Å². The summed E-state index contributed by atoms with van der Waals surface area (Å²) >= 11 is 0. The molecule has 1 unspecified atom stereocenters. The summed E-state index contributed by atoms with van der Waals surface area (Å²) in [4.78, 5) is 0.353. The summed E-state index contributed by atoms with van der Waals surface area (Å²) in [7, 11) is 6.79. The normalized spacial score (nSPS) is 17.6. The van der Waals surface area contributed by atoms with Gasteiger partial charge in [-0.05, 0) is 46.0 Å². The van der Waals surface area contributed by atoms with Crippen LogP contribution < -0.4 is 0 Å². The Labute approximate surface area is 167 Å². The summed E-state index contributed by atoms with van der Waals surface area (Å²) in [5.74, 6) is 0. The van der Waals surface area contributed by atoms with Gasteiger partial charge < -0.3 is 4.74 Å². The SMILES string of the molecule is O=S(=O)(c1ccccc1)N1CCOCC1CCc1ccccc1.[B]B([B])[BH3-]. The molecule has 0 amide bonds. The first kappa shape index (κ1) is 21.9. The Kier molecular flexibility index (Phi) is 8.74. The first-order valence-electron chi connectivity index (χ1n) is 8.53. The van der Waals surface area contributed by atoms with Gasteiger partial charge in [-0.15, -0.1) is 6.39 Å². The lowest BCUT2D eigenvalue weighted by molar-refractivity contribution is 0.0298. The Morgan fingerprint density at radius 2 is 1.63 bits per heavy atom. The van der Waals surface area contributed by atoms with Crippen LogP contribution in [0.25, 0.3) is 0 Å². The van der Waals surface area contributed by atoms with Crippen LogP contribution >= 0.6 is 0 Å². The highest BCUT2D eigenvalue weighted by atomic mass is 32.2. The number of aryl methyl sites for hydroxylation is 1. The van der Waals surface area contributed by atoms with Crippen molar-refractivity contribution in [3.8, 4) is 0 Å². The van der Waals surface area contributed by atoms with Gasteiger partial charge in [0.25, 0.3) is 0 Å². The van der Waals surface area contributed by atoms with E-state index in [2.05, 4.69) is 12.1 Å². The maximum atomic E-state index is 12.9. The second kappa shape index (κ2) is 10.8. The Bertz CT molecular complexity index is 773. The zero-order valence-electron chi connectivity index (χ0n) is 14.7. The third-order valence-corrected chi connectivity index (χ3v) is 6.10. The summed E-state index contributed by atoms with van der Waals surface area (Å²) in [6, 6.07) is 18.7. The summed E-state index contributed by atoms with van der Waals surface area (Å²) in [6.45, 7) is 1.32. The van der Waals surface area contributed by atoms with Crippen LogP contribution in [0.1, 0.15) is 12.0 Å². The van der Waals surface area contributed by atoms with Gasteiger partial charge in [0.15, 0.2) is 0 Å². The van der Waals surface area contributed by atoms with Crippen LogP contribution in [0.5, 0.6) is 0 Å². The number of hydrogen-bond acceptors (Lipinski definition) is 3. The molecule has 1 aliphatic rings. The van der Waals surface area contributed by atoms with Crippen molar-refractivity contribution >= 4 is 39.6 Å². The molecule has 0 aliphatic carbocycles. The number of ether oxygens (including phenoxy) is 1. The van der Waals surface area contributed by atoms with E-state index in [9.17, 15) is 8.42 Å². The van der Waals surface area contributed by atoms with E-state index in [-0.39, 0.29) is 20.2 Å². The van der Waals surface area contributed by atoms with Gasteiger partial charge in [0.05, 0.1) is 18.1 Å². The largest absolute Gasteiger partial charge is 0.378 e. The zero-order valence-corrected chi connectivity index (χ0v) is 15.5. The van der Waals surface area contributed by atoms with Crippen molar-refractivity contribution < 1.29 is 13.2 Å². The van der Waals surface area contributed by atoms with E-state index in [1.54, 1.807) is 28.6 Å². The lowest BCUT2D eigenvalue weighted by Crippen LogP contribution is -2.48. The fraction of sp³-hybridized carbons (Fsp3) is 0.333. The summed E-state index contributed by atoms with van der Waals surface area (Å²) in [5.41, 5.74) is 1.22. The molecule has 0 N–H and O–H groups in total. The molecule has 0 saturated carbocycles. The van der Waals surface area contributed by atoms with Crippen molar-refractivity contribution in [2.24, 2.45) is 0 Å². The minimum Gasteiger partial charge on any atom is -0.378 e. The highest BCUT2D eigenvalue weighted by molar-refractivity contribution is 7.89. The maximum Gasteiger partial charge on any atom is 0.243 e. The molecule has 0 bridgehead atoms. The minimum atomic E-state index is -3.46. The van der Waals surface area contributed by atoms with Gasteiger partial charge in [-0.1, -0.05) is 56.3 Å². The molecule has 2 aromatic rings. The number of morpholine rings is 1. The smallest absolute Gasteiger partial charge is 0.243 e. The Balaban J connectivity index is 0.000000596. The third-order valence-electron chi connectivity index (χ3n) is 4.13. The van der Waals surface area contributed by atoms with E-state index in [1.165, 1.54) is 5.56 Å². The Morgan fingerprint density at radius 1 is 1.07 bits per heavy atom. The highest BCUT2D eigenvalue weighted by Crippen LogP contribution is 2.23. The quantitative estimate of drug-likeness (QED) is 0.708. The molecule has 2 aromatic carbocycles. The van der Waals surface area contributed by atoms with Crippen molar-refractivity contribution in [1.29, 1.82) is 0 Å². The van der Waals surface area contributed by atoms with Gasteiger partial charge in [-0.3, -0.25) is 0 Å². The molecule has 4 radical (unpaired) electrons. The molecule has 0 spiro atoms. The molecule has 3 rings (SSSR count). The molecule has 1 atom stereocenters. The number of hydrogen-bond donors (Lipinski definition) is 0. The monoisotopic (exact) mass is 378 g/mol. The summed E-state index contributed by atoms with van der Waals surface area (Å²) in [5, 5.41) is 0. The van der Waals surface area contributed by atoms with Crippen LogP contribution in [-0.2, 0) is 21.2 Å². The van der Waals surface area contributed by atoms with E-state index in [0.29, 0.717) is 24.7 Å². The standard InChI is InChI=1S/C18H21NO3S.B4H3/c20-23(21,18-9-5-2-6-10-18)19-13-14-22-15-17(19)12-11-16-7-3-1-4-8-16;1-4(2)3/h1-10,17H,11-15H2;1H3/q;-1. The Morgan fingerprint density at radius 3 is 2.22 bits per heavy atom. The second-order valence-corrected chi connectivity index (χ2v) is 7.76. The first-order chi connectivity index (χ1) is 12.9. The van der Waals surface area contributed by atoms with E-state index in [4.69, 9.17) is 20.2 Å². The molecule has 138 valence electrons. The average Bonchev–Trinajstić information content (AvgIpc) is 2.68. The summed E-state index contributed by atoms with van der Waals surface area (Å²) in [6.07, 6.45) is 1.69. The molecule has 1 aliphatic heterocycles. The molecule has 1 fully saturated rings. The molecule has 1 heterocycles. The number of sulfonamides is 1. The van der Waals surface area contributed by atoms with E-state index in [1.807, 2.05) is 24.3 Å². The predicted molar refractivity (Wildman–Crippen MR) is 117 cm³/mol. The average molecular weight is 378 g/mol. The van der Waals surface area contributed by atoms with Crippen LogP contribution in [0.2, 0.25) is 0 Å². The van der Waals surface area contributed by atoms with Gasteiger partial charge in [0.1, 0.15) is 0 Å². The van der Waals surface area contributed by atoms with E-state index < -0.39 is 10.0 Å². The van der Waals surface area contributed by atoms with E-state index >= 15 is 0 Å². The predicted octanol–water partition coefficient (Wildman–Crippen LogP) is 0.383. The first-order valence-corrected chi connectivity index (χ1v) is 9.97. The topological polar surface area (TPSA) is 46.6 Å². The molecule has 9 heteroatoms. The molecule has 0 aromatic heterocycles. The van der Waals surface area contributed by atoms with Crippen LogP contribution in [-0.4, -0.2) is 68.1 Å². The van der Waals surface area contributed by atoms with Crippen molar-refractivity contribution in [2.45, 2.75) is 23.8 Å². The number of rotatable bonds is 5. The van der Waals surface area contributed by atoms with Gasteiger partial charge >= 0.3 is 0 Å². The van der Waals surface area contributed by atoms with Crippen LogP contribution in [0, 0.1) is 0 Å². The van der Waals surface area contributed by atoms with Crippen molar-refractivity contribution in [1.82, 2.24) is 4.31 Å². The fourth-order valence-corrected chi connectivity index (χ4v) is 4.53. The lowest BCUT2D eigenvalue weighted by atomic mass is 9.08. The number of benzene rings is 2. The minimum absolute atomic E-state index is 0.0833. The van der Waals surface area contributed by atoms with Crippen molar-refractivity contribution in [2.75, 3.05) is 19.8 Å². The highest BCUT2D eigenvalue weighted by Gasteiger charge is 2.33. The molecule has 1 saturated heterocycles. The summed E-state index contributed by atoms with van der Waals surface area (Å²) < 4.78 is 32.9. The van der Waals surface area contributed by atoms with Gasteiger partial charge in [0, 0.05) is 12.6 Å². The van der Waals surface area contributed by atoms with Crippen molar-refractivity contribution in [3.63, 3.8) is 0 Å².